The van der Waals surface area contributed by atoms with Crippen molar-refractivity contribution >= 4 is 35.0 Å². The fraction of sp³-hybridized carbons (Fsp3) is 0.500. The second kappa shape index (κ2) is 11.1. The van der Waals surface area contributed by atoms with E-state index < -0.39 is 6.03 Å². The molecule has 0 aromatic heterocycles. The van der Waals surface area contributed by atoms with E-state index in [-0.39, 0.29) is 24.8 Å². The van der Waals surface area contributed by atoms with E-state index in [2.05, 4.69) is 53.2 Å². The standard InChI is InChI=1S/C34H40ClN5O3/c1-34(2)13-11-24(30(16-34)23-4-6-26(35)7-5-23)18-38-27-8-9-28(38)21-37(20-27)17-22-3-10-29-25(15-22)19-40(32(29)42)39-14-12-31(41)36-33(39)43/h3-7,10,15,27-28H,8-9,11-14,16-21H2,1-2H3,(H,36,41,43). The molecule has 0 saturated carbocycles. The summed E-state index contributed by atoms with van der Waals surface area (Å²) in [6.07, 6.45) is 6.17. The van der Waals surface area contributed by atoms with Crippen LogP contribution in [0.4, 0.5) is 4.79 Å². The van der Waals surface area contributed by atoms with Gasteiger partial charge in [0.1, 0.15) is 0 Å². The van der Waals surface area contributed by atoms with E-state index in [0.29, 0.717) is 29.6 Å². The lowest BCUT2D eigenvalue weighted by molar-refractivity contribution is -0.123. The fourth-order valence-electron chi connectivity index (χ4n) is 7.84. The molecule has 1 aliphatic carbocycles. The lowest BCUT2D eigenvalue weighted by Gasteiger charge is -2.43. The molecule has 7 rings (SSSR count). The minimum atomic E-state index is -0.529. The normalized spacial score (nSPS) is 25.9. The molecule has 1 N–H and O–H groups in total. The molecule has 5 aliphatic rings. The van der Waals surface area contributed by atoms with Gasteiger partial charge in [-0.3, -0.25) is 24.7 Å². The van der Waals surface area contributed by atoms with Gasteiger partial charge in [0.2, 0.25) is 5.91 Å². The largest absolute Gasteiger partial charge is 0.342 e. The molecular weight excluding hydrogens is 562 g/mol. The van der Waals surface area contributed by atoms with E-state index in [1.807, 2.05) is 18.2 Å². The van der Waals surface area contributed by atoms with Gasteiger partial charge < -0.3 is 0 Å². The van der Waals surface area contributed by atoms with Crippen molar-refractivity contribution in [1.29, 1.82) is 0 Å². The summed E-state index contributed by atoms with van der Waals surface area (Å²) < 4.78 is 0. The second-order valence-corrected chi connectivity index (χ2v) is 14.2. The Morgan fingerprint density at radius 1 is 0.930 bits per heavy atom. The van der Waals surface area contributed by atoms with Crippen molar-refractivity contribution < 1.29 is 14.4 Å². The third-order valence-electron chi connectivity index (χ3n) is 10.1. The summed E-state index contributed by atoms with van der Waals surface area (Å²) in [5.41, 5.74) is 7.53. The zero-order chi connectivity index (χ0) is 29.9. The van der Waals surface area contributed by atoms with Gasteiger partial charge in [0, 0.05) is 55.3 Å². The number of hydrazine groups is 1. The van der Waals surface area contributed by atoms with E-state index in [1.54, 1.807) is 5.57 Å². The van der Waals surface area contributed by atoms with Crippen LogP contribution in [0, 0.1) is 5.41 Å². The first-order valence-electron chi connectivity index (χ1n) is 15.6. The molecule has 43 heavy (non-hydrogen) atoms. The number of nitrogens with one attached hydrogen (secondary N) is 1. The average molecular weight is 602 g/mol. The Kier molecular flexibility index (Phi) is 7.35. The van der Waals surface area contributed by atoms with Crippen LogP contribution < -0.4 is 5.32 Å². The van der Waals surface area contributed by atoms with Crippen LogP contribution in [0.15, 0.2) is 48.0 Å². The van der Waals surface area contributed by atoms with Gasteiger partial charge in [-0.15, -0.1) is 0 Å². The maximum Gasteiger partial charge on any atom is 0.342 e. The molecule has 226 valence electrons. The van der Waals surface area contributed by atoms with E-state index in [9.17, 15) is 14.4 Å². The Morgan fingerprint density at radius 2 is 1.67 bits per heavy atom. The topological polar surface area (TPSA) is 76.2 Å². The molecule has 2 unspecified atom stereocenters. The van der Waals surface area contributed by atoms with Gasteiger partial charge in [-0.05, 0) is 78.0 Å². The van der Waals surface area contributed by atoms with E-state index >= 15 is 0 Å². The van der Waals surface area contributed by atoms with Crippen LogP contribution in [0.2, 0.25) is 5.02 Å². The van der Waals surface area contributed by atoms with Crippen LogP contribution in [0.25, 0.3) is 5.57 Å². The molecule has 4 aliphatic heterocycles. The summed E-state index contributed by atoms with van der Waals surface area (Å²) >= 11 is 6.23. The van der Waals surface area contributed by atoms with Gasteiger partial charge in [-0.2, -0.15) is 0 Å². The fourth-order valence-corrected chi connectivity index (χ4v) is 7.97. The number of carbonyl (C=O) groups is 3. The quantitative estimate of drug-likeness (QED) is 0.476. The van der Waals surface area contributed by atoms with Crippen molar-refractivity contribution in [2.75, 3.05) is 26.2 Å². The van der Waals surface area contributed by atoms with Crippen molar-refractivity contribution in [3.8, 4) is 0 Å². The van der Waals surface area contributed by atoms with Crippen LogP contribution in [0.1, 0.15) is 79.4 Å². The highest BCUT2D eigenvalue weighted by molar-refractivity contribution is 6.30. The van der Waals surface area contributed by atoms with E-state index in [0.717, 1.165) is 49.6 Å². The monoisotopic (exact) mass is 601 g/mol. The molecular formula is C34H40ClN5O3. The highest BCUT2D eigenvalue weighted by Crippen LogP contribution is 2.44. The third-order valence-corrected chi connectivity index (χ3v) is 10.4. The minimum absolute atomic E-state index is 0.184. The predicted molar refractivity (Wildman–Crippen MR) is 166 cm³/mol. The number of allylic oxidation sites excluding steroid dienone is 1. The molecule has 3 saturated heterocycles. The summed E-state index contributed by atoms with van der Waals surface area (Å²) in [5, 5.41) is 5.93. The summed E-state index contributed by atoms with van der Waals surface area (Å²) in [4.78, 5) is 42.4. The maximum atomic E-state index is 13.1. The Morgan fingerprint density at radius 3 is 2.40 bits per heavy atom. The number of benzene rings is 2. The number of amides is 4. The number of rotatable bonds is 6. The van der Waals surface area contributed by atoms with Gasteiger partial charge in [-0.1, -0.05) is 55.3 Å². The molecule has 0 radical (unpaired) electrons. The van der Waals surface area contributed by atoms with Crippen molar-refractivity contribution in [2.24, 2.45) is 5.41 Å². The molecule has 2 atom stereocenters. The highest BCUT2D eigenvalue weighted by atomic mass is 35.5. The van der Waals surface area contributed by atoms with Crippen LogP contribution >= 0.6 is 11.6 Å². The van der Waals surface area contributed by atoms with Gasteiger partial charge in [0.25, 0.3) is 5.91 Å². The summed E-state index contributed by atoms with van der Waals surface area (Å²) in [6, 6.07) is 15.1. The highest BCUT2D eigenvalue weighted by Gasteiger charge is 2.41. The number of likely N-dealkylation sites (tertiary alicyclic amines) is 1. The summed E-state index contributed by atoms with van der Waals surface area (Å²) in [7, 11) is 0. The first-order valence-corrected chi connectivity index (χ1v) is 16.0. The average Bonchev–Trinajstić information content (AvgIpc) is 3.40. The Balaban J connectivity index is 1.03. The first kappa shape index (κ1) is 28.6. The van der Waals surface area contributed by atoms with Gasteiger partial charge in [0.05, 0.1) is 13.1 Å². The van der Waals surface area contributed by atoms with Crippen molar-refractivity contribution in [2.45, 2.75) is 77.5 Å². The predicted octanol–water partition coefficient (Wildman–Crippen LogP) is 5.47. The maximum absolute atomic E-state index is 13.1. The van der Waals surface area contributed by atoms with Crippen molar-refractivity contribution in [3.05, 3.63) is 75.3 Å². The molecule has 2 aromatic rings. The molecule has 9 heteroatoms. The number of nitrogens with zero attached hydrogens (tertiary/aromatic N) is 4. The number of halogens is 1. The van der Waals surface area contributed by atoms with E-state index in [1.165, 1.54) is 46.0 Å². The van der Waals surface area contributed by atoms with Crippen molar-refractivity contribution in [3.63, 3.8) is 0 Å². The summed E-state index contributed by atoms with van der Waals surface area (Å²) in [6.45, 7) is 9.37. The Bertz CT molecular complexity index is 1490. The lowest BCUT2D eigenvalue weighted by Crippen LogP contribution is -2.56. The van der Waals surface area contributed by atoms with Crippen LogP contribution in [0.3, 0.4) is 0 Å². The zero-order valence-corrected chi connectivity index (χ0v) is 25.8. The summed E-state index contributed by atoms with van der Waals surface area (Å²) in [5.74, 6) is -0.487. The third kappa shape index (κ3) is 5.61. The Labute approximate surface area is 258 Å². The second-order valence-electron chi connectivity index (χ2n) is 13.8. The van der Waals surface area contributed by atoms with Crippen LogP contribution in [-0.4, -0.2) is 75.9 Å². The minimum Gasteiger partial charge on any atom is -0.296 e. The smallest absolute Gasteiger partial charge is 0.296 e. The van der Waals surface area contributed by atoms with Gasteiger partial charge >= 0.3 is 6.03 Å². The number of carbonyl (C=O) groups excluding carboxylic acids is 3. The molecule has 0 spiro atoms. The first-order chi connectivity index (χ1) is 20.6. The molecule has 4 amide bonds. The van der Waals surface area contributed by atoms with E-state index in [4.69, 9.17) is 11.6 Å². The molecule has 8 nitrogen and oxygen atoms in total. The number of urea groups is 1. The number of hydrogen-bond acceptors (Lipinski definition) is 5. The van der Waals surface area contributed by atoms with Gasteiger partial charge in [-0.25, -0.2) is 14.8 Å². The molecule has 3 fully saturated rings. The Hall–Kier alpha value is -3.20. The lowest BCUT2D eigenvalue weighted by atomic mass is 9.72. The molecule has 2 aromatic carbocycles. The zero-order valence-electron chi connectivity index (χ0n) is 25.1. The molecule has 2 bridgehead atoms. The number of piperazine rings is 1. The van der Waals surface area contributed by atoms with Crippen LogP contribution in [-0.2, 0) is 17.9 Å². The number of hydrogen-bond donors (Lipinski definition) is 1. The molecule has 4 heterocycles. The van der Waals surface area contributed by atoms with Crippen molar-refractivity contribution in [1.82, 2.24) is 25.1 Å². The number of fused-ring (bicyclic) bond motifs is 3. The number of imide groups is 1. The van der Waals surface area contributed by atoms with Crippen LogP contribution in [0.5, 0.6) is 0 Å². The SMILES string of the molecule is CC1(C)CCC(CN2C3CCC2CN(Cc2ccc4c(c2)CN(N2CCC(=O)NC2=O)C4=O)C3)=C(c2ccc(Cl)cc2)C1. The van der Waals surface area contributed by atoms with Gasteiger partial charge in [0.15, 0.2) is 0 Å².